The normalized spacial score (nSPS) is 11.4. The van der Waals surface area contributed by atoms with Gasteiger partial charge in [-0.3, -0.25) is 4.72 Å². The predicted octanol–water partition coefficient (Wildman–Crippen LogP) is 3.49. The molecule has 2 rings (SSSR count). The Balaban J connectivity index is 2.30. The molecular weight excluding hydrogens is 378 g/mol. The highest BCUT2D eigenvalue weighted by Crippen LogP contribution is 2.25. The van der Waals surface area contributed by atoms with E-state index in [0.29, 0.717) is 5.69 Å². The molecule has 28 heavy (non-hydrogen) atoms. The Labute approximate surface area is 164 Å². The Kier molecular flexibility index (Phi) is 6.79. The fraction of sp³-hybridized carbons (Fsp3) is 0.200. The maximum Gasteiger partial charge on any atom is 0.350 e. The highest BCUT2D eigenvalue weighted by Gasteiger charge is 2.17. The van der Waals surface area contributed by atoms with E-state index in [9.17, 15) is 13.2 Å². The Morgan fingerprint density at radius 2 is 1.82 bits per heavy atom. The number of carbonyl (C=O) groups excluding carboxylic acids is 1. The van der Waals surface area contributed by atoms with Gasteiger partial charge in [0.05, 0.1) is 22.9 Å². The Morgan fingerprint density at radius 3 is 2.43 bits per heavy atom. The second kappa shape index (κ2) is 9.06. The number of esters is 1. The standard InChI is InChI=1S/C20H21N3O4S/c1-4-27-20(24)16(12-21)13-22-18-7-5-6-8-19(18)23-28(25,26)17-10-9-14(2)15(3)11-17/h5-11,13,22-23H,4H2,1-3H3. The summed E-state index contributed by atoms with van der Waals surface area (Å²) in [6, 6.07) is 13.2. The number of carbonyl (C=O) groups is 1. The molecule has 0 fully saturated rings. The zero-order valence-electron chi connectivity index (χ0n) is 15.8. The number of hydrogen-bond donors (Lipinski definition) is 2. The lowest BCUT2D eigenvalue weighted by atomic mass is 10.1. The first-order chi connectivity index (χ1) is 13.3. The number of hydrogen-bond acceptors (Lipinski definition) is 6. The van der Waals surface area contributed by atoms with Crippen molar-refractivity contribution >= 4 is 27.4 Å². The average Bonchev–Trinajstić information content (AvgIpc) is 2.65. The van der Waals surface area contributed by atoms with Crippen molar-refractivity contribution in [3.63, 3.8) is 0 Å². The van der Waals surface area contributed by atoms with Gasteiger partial charge in [-0.05, 0) is 56.2 Å². The monoisotopic (exact) mass is 399 g/mol. The molecule has 0 atom stereocenters. The largest absolute Gasteiger partial charge is 0.462 e. The van der Waals surface area contributed by atoms with Crippen molar-refractivity contribution in [2.45, 2.75) is 25.7 Å². The third-order valence-electron chi connectivity index (χ3n) is 3.95. The first-order valence-electron chi connectivity index (χ1n) is 8.51. The van der Waals surface area contributed by atoms with Gasteiger partial charge in [-0.25, -0.2) is 13.2 Å². The van der Waals surface area contributed by atoms with Gasteiger partial charge in [0, 0.05) is 6.20 Å². The van der Waals surface area contributed by atoms with Crippen LogP contribution in [-0.2, 0) is 19.6 Å². The van der Waals surface area contributed by atoms with E-state index in [1.54, 1.807) is 49.4 Å². The van der Waals surface area contributed by atoms with Crippen molar-refractivity contribution in [3.05, 3.63) is 65.4 Å². The van der Waals surface area contributed by atoms with Crippen LogP contribution in [0.2, 0.25) is 0 Å². The summed E-state index contributed by atoms with van der Waals surface area (Å²) in [6.45, 7) is 5.52. The molecule has 0 aromatic heterocycles. The van der Waals surface area contributed by atoms with Crippen molar-refractivity contribution in [1.29, 1.82) is 5.26 Å². The first-order valence-corrected chi connectivity index (χ1v) is 10.00. The highest BCUT2D eigenvalue weighted by atomic mass is 32.2. The van der Waals surface area contributed by atoms with Gasteiger partial charge in [0.1, 0.15) is 6.07 Å². The minimum absolute atomic E-state index is 0.143. The molecular formula is C20H21N3O4S. The van der Waals surface area contributed by atoms with Crippen LogP contribution >= 0.6 is 0 Å². The maximum atomic E-state index is 12.7. The summed E-state index contributed by atoms with van der Waals surface area (Å²) in [7, 11) is -3.81. The second-order valence-corrected chi connectivity index (χ2v) is 7.61. The van der Waals surface area contributed by atoms with Gasteiger partial charge in [0.15, 0.2) is 5.57 Å². The van der Waals surface area contributed by atoms with Crippen LogP contribution in [0.25, 0.3) is 0 Å². The van der Waals surface area contributed by atoms with Crippen LogP contribution in [0, 0.1) is 25.2 Å². The van der Waals surface area contributed by atoms with Crippen molar-refractivity contribution in [2.75, 3.05) is 16.6 Å². The maximum absolute atomic E-state index is 12.7. The van der Waals surface area contributed by atoms with Gasteiger partial charge in [0.2, 0.25) is 0 Å². The number of nitriles is 1. The van der Waals surface area contributed by atoms with E-state index in [1.165, 1.54) is 12.3 Å². The number of aryl methyl sites for hydroxylation is 2. The van der Waals surface area contributed by atoms with Gasteiger partial charge in [-0.1, -0.05) is 18.2 Å². The van der Waals surface area contributed by atoms with E-state index in [1.807, 2.05) is 13.8 Å². The summed E-state index contributed by atoms with van der Waals surface area (Å²) in [4.78, 5) is 11.8. The molecule has 0 bridgehead atoms. The number of nitrogens with one attached hydrogen (secondary N) is 2. The molecule has 146 valence electrons. The SMILES string of the molecule is CCOC(=O)C(C#N)=CNc1ccccc1NS(=O)(=O)c1ccc(C)c(C)c1. The number of nitrogens with zero attached hydrogens (tertiary/aromatic N) is 1. The molecule has 2 N–H and O–H groups in total. The van der Waals surface area contributed by atoms with Crippen molar-refractivity contribution in [3.8, 4) is 6.07 Å². The van der Waals surface area contributed by atoms with E-state index in [0.717, 1.165) is 11.1 Å². The van der Waals surface area contributed by atoms with Crippen LogP contribution in [0.5, 0.6) is 0 Å². The van der Waals surface area contributed by atoms with Crippen molar-refractivity contribution < 1.29 is 17.9 Å². The molecule has 7 nitrogen and oxygen atoms in total. The number of para-hydroxylation sites is 2. The van der Waals surface area contributed by atoms with E-state index in [2.05, 4.69) is 10.0 Å². The molecule has 2 aromatic rings. The van der Waals surface area contributed by atoms with Crippen molar-refractivity contribution in [2.24, 2.45) is 0 Å². The molecule has 0 saturated heterocycles. The van der Waals surface area contributed by atoms with Crippen LogP contribution in [0.4, 0.5) is 11.4 Å². The molecule has 8 heteroatoms. The average molecular weight is 399 g/mol. The third-order valence-corrected chi connectivity index (χ3v) is 5.31. The summed E-state index contributed by atoms with van der Waals surface area (Å²) in [5, 5.41) is 11.9. The Bertz CT molecular complexity index is 1050. The number of rotatable bonds is 7. The first kappa shape index (κ1) is 21.0. The minimum atomic E-state index is -3.81. The van der Waals surface area contributed by atoms with Crippen LogP contribution in [-0.4, -0.2) is 21.0 Å². The number of ether oxygens (including phenoxy) is 1. The quantitative estimate of drug-likeness (QED) is 0.419. The minimum Gasteiger partial charge on any atom is -0.462 e. The van der Waals surface area contributed by atoms with E-state index < -0.39 is 16.0 Å². The topological polar surface area (TPSA) is 108 Å². The summed E-state index contributed by atoms with van der Waals surface area (Å²) in [6.07, 6.45) is 1.18. The molecule has 0 aliphatic rings. The van der Waals surface area contributed by atoms with Gasteiger partial charge < -0.3 is 10.1 Å². The van der Waals surface area contributed by atoms with Crippen LogP contribution in [0.1, 0.15) is 18.1 Å². The van der Waals surface area contributed by atoms with E-state index in [4.69, 9.17) is 10.00 Å². The molecule has 0 amide bonds. The molecule has 0 heterocycles. The van der Waals surface area contributed by atoms with Crippen molar-refractivity contribution in [1.82, 2.24) is 0 Å². The van der Waals surface area contributed by atoms with Gasteiger partial charge in [0.25, 0.3) is 10.0 Å². The Morgan fingerprint density at radius 1 is 1.14 bits per heavy atom. The molecule has 0 aliphatic carbocycles. The molecule has 0 aliphatic heterocycles. The predicted molar refractivity (Wildman–Crippen MR) is 107 cm³/mol. The van der Waals surface area contributed by atoms with Gasteiger partial charge in [-0.2, -0.15) is 5.26 Å². The van der Waals surface area contributed by atoms with Crippen LogP contribution < -0.4 is 10.0 Å². The van der Waals surface area contributed by atoms with Crippen LogP contribution in [0.15, 0.2) is 59.1 Å². The summed E-state index contributed by atoms with van der Waals surface area (Å²) >= 11 is 0. The number of sulfonamides is 1. The lowest BCUT2D eigenvalue weighted by molar-refractivity contribution is -0.138. The second-order valence-electron chi connectivity index (χ2n) is 5.93. The fourth-order valence-electron chi connectivity index (χ4n) is 2.28. The summed E-state index contributed by atoms with van der Waals surface area (Å²) in [5.41, 5.74) is 2.29. The third kappa shape index (κ3) is 5.11. The lowest BCUT2D eigenvalue weighted by Crippen LogP contribution is -2.14. The zero-order valence-corrected chi connectivity index (χ0v) is 16.6. The molecule has 0 unspecified atom stereocenters. The Hall–Kier alpha value is -3.31. The number of benzene rings is 2. The van der Waals surface area contributed by atoms with E-state index >= 15 is 0 Å². The molecule has 0 saturated carbocycles. The highest BCUT2D eigenvalue weighted by molar-refractivity contribution is 7.92. The zero-order chi connectivity index (χ0) is 20.7. The van der Waals surface area contributed by atoms with Crippen LogP contribution in [0.3, 0.4) is 0 Å². The molecule has 0 spiro atoms. The summed E-state index contributed by atoms with van der Waals surface area (Å²) < 4.78 is 32.8. The number of anilines is 2. The lowest BCUT2D eigenvalue weighted by Gasteiger charge is -2.13. The summed E-state index contributed by atoms with van der Waals surface area (Å²) in [5.74, 6) is -0.759. The fourth-order valence-corrected chi connectivity index (χ4v) is 3.44. The molecule has 2 aromatic carbocycles. The smallest absolute Gasteiger partial charge is 0.350 e. The molecule has 0 radical (unpaired) electrons. The van der Waals surface area contributed by atoms with Gasteiger partial charge >= 0.3 is 5.97 Å². The van der Waals surface area contributed by atoms with Gasteiger partial charge in [-0.15, -0.1) is 0 Å². The van der Waals surface area contributed by atoms with E-state index in [-0.39, 0.29) is 22.8 Å².